The van der Waals surface area contributed by atoms with Gasteiger partial charge in [0.1, 0.15) is 5.39 Å². The molecule has 0 unspecified atom stereocenters. The number of unbranched alkanes of at least 4 members (excludes halogenated alkanes) is 1. The second kappa shape index (κ2) is 10.8. The van der Waals surface area contributed by atoms with Crippen molar-refractivity contribution in [3.8, 4) is 6.07 Å². The van der Waals surface area contributed by atoms with E-state index in [1.807, 2.05) is 40.8 Å². The van der Waals surface area contributed by atoms with E-state index < -0.39 is 0 Å². The summed E-state index contributed by atoms with van der Waals surface area (Å²) >= 11 is 0. The van der Waals surface area contributed by atoms with Crippen molar-refractivity contribution < 1.29 is 4.79 Å². The van der Waals surface area contributed by atoms with Gasteiger partial charge in [0, 0.05) is 30.5 Å². The van der Waals surface area contributed by atoms with E-state index in [2.05, 4.69) is 30.2 Å². The zero-order valence-electron chi connectivity index (χ0n) is 20.8. The van der Waals surface area contributed by atoms with Crippen molar-refractivity contribution in [1.82, 2.24) is 19.7 Å². The molecule has 0 spiro atoms. The smallest absolute Gasteiger partial charge is 0.261 e. The molecule has 8 heteroatoms. The second-order valence-corrected chi connectivity index (χ2v) is 9.43. The van der Waals surface area contributed by atoms with Gasteiger partial charge in [0.2, 0.25) is 0 Å². The van der Waals surface area contributed by atoms with Crippen molar-refractivity contribution in [3.05, 3.63) is 51.9 Å². The molecule has 4 rings (SSSR count). The van der Waals surface area contributed by atoms with Crippen LogP contribution in [-0.4, -0.2) is 38.7 Å². The third-order valence-electron chi connectivity index (χ3n) is 6.69. The number of nitrogens with one attached hydrogen (secondary N) is 2. The summed E-state index contributed by atoms with van der Waals surface area (Å²) in [5, 5.41) is 17.9. The number of aromatic nitrogens is 3. The number of pyridine rings is 1. The highest BCUT2D eigenvalue weighted by atomic mass is 16.2. The maximum Gasteiger partial charge on any atom is 0.261 e. The number of rotatable bonds is 11. The number of nitrogens with zero attached hydrogens (tertiary/aromatic N) is 4. The maximum atomic E-state index is 13.2. The van der Waals surface area contributed by atoms with Gasteiger partial charge in [0.05, 0.1) is 24.0 Å². The van der Waals surface area contributed by atoms with Gasteiger partial charge in [-0.1, -0.05) is 20.3 Å². The van der Waals surface area contributed by atoms with Crippen LogP contribution in [0.4, 0.5) is 11.5 Å². The Balaban J connectivity index is 1.64. The minimum atomic E-state index is -0.225. The first-order valence-corrected chi connectivity index (χ1v) is 12.6. The van der Waals surface area contributed by atoms with Crippen LogP contribution in [0.15, 0.2) is 35.3 Å². The lowest BCUT2D eigenvalue weighted by molar-refractivity contribution is 0.0752. The van der Waals surface area contributed by atoms with Crippen molar-refractivity contribution in [2.24, 2.45) is 5.92 Å². The third-order valence-corrected chi connectivity index (χ3v) is 6.69. The Morgan fingerprint density at radius 1 is 1.29 bits per heavy atom. The number of amides is 1. The van der Waals surface area contributed by atoms with Gasteiger partial charge in [0.25, 0.3) is 11.5 Å². The monoisotopic (exact) mass is 474 g/mol. The van der Waals surface area contributed by atoms with Crippen molar-refractivity contribution >= 4 is 28.3 Å². The first-order chi connectivity index (χ1) is 17.0. The second-order valence-electron chi connectivity index (χ2n) is 9.43. The number of benzene rings is 1. The van der Waals surface area contributed by atoms with Gasteiger partial charge >= 0.3 is 0 Å². The van der Waals surface area contributed by atoms with Crippen LogP contribution in [-0.2, 0) is 0 Å². The van der Waals surface area contributed by atoms with E-state index in [1.54, 1.807) is 6.20 Å². The highest BCUT2D eigenvalue weighted by molar-refractivity contribution is 5.96. The average molecular weight is 475 g/mol. The maximum absolute atomic E-state index is 13.2. The van der Waals surface area contributed by atoms with Crippen molar-refractivity contribution in [2.75, 3.05) is 18.4 Å². The molecule has 0 saturated heterocycles. The van der Waals surface area contributed by atoms with Crippen molar-refractivity contribution in [3.63, 3.8) is 0 Å². The van der Waals surface area contributed by atoms with Crippen LogP contribution in [0.25, 0.3) is 10.9 Å². The fourth-order valence-corrected chi connectivity index (χ4v) is 4.69. The zero-order valence-corrected chi connectivity index (χ0v) is 20.8. The summed E-state index contributed by atoms with van der Waals surface area (Å²) in [7, 11) is 0. The molecule has 2 heterocycles. The zero-order chi connectivity index (χ0) is 24.9. The molecule has 1 aliphatic carbocycles. The summed E-state index contributed by atoms with van der Waals surface area (Å²) in [4.78, 5) is 30.6. The molecular weight excluding hydrogens is 440 g/mol. The molecule has 3 aromatic rings. The topological polar surface area (TPSA) is 107 Å². The number of anilines is 2. The van der Waals surface area contributed by atoms with E-state index in [4.69, 9.17) is 5.10 Å². The van der Waals surface area contributed by atoms with Crippen LogP contribution in [0.1, 0.15) is 74.3 Å². The quantitative estimate of drug-likeness (QED) is 0.392. The molecule has 1 aromatic carbocycles. The van der Waals surface area contributed by atoms with Gasteiger partial charge in [0.15, 0.2) is 5.82 Å². The lowest BCUT2D eigenvalue weighted by Crippen LogP contribution is -2.33. The Morgan fingerprint density at radius 3 is 2.74 bits per heavy atom. The number of nitriles is 1. The van der Waals surface area contributed by atoms with Crippen LogP contribution in [0, 0.1) is 24.2 Å². The summed E-state index contributed by atoms with van der Waals surface area (Å²) in [5.74, 6) is 0.926. The molecule has 35 heavy (non-hydrogen) atoms. The van der Waals surface area contributed by atoms with Gasteiger partial charge in [-0.2, -0.15) is 10.4 Å². The molecule has 1 amide bonds. The number of fused-ring (bicyclic) bond motifs is 1. The molecule has 184 valence electrons. The Bertz CT molecular complexity index is 1300. The van der Waals surface area contributed by atoms with E-state index in [1.165, 1.54) is 0 Å². The lowest BCUT2D eigenvalue weighted by atomic mass is 10.1. The van der Waals surface area contributed by atoms with Crippen LogP contribution in [0.3, 0.4) is 0 Å². The van der Waals surface area contributed by atoms with Crippen molar-refractivity contribution in [1.29, 1.82) is 5.26 Å². The SMILES string of the molecule is CCCCN(CCC)C(=O)c1ccc(Nc2nn([C@@H](CC#N)C3CC3)c3cc[nH]c(=O)c23)cc1C. The van der Waals surface area contributed by atoms with E-state index in [0.717, 1.165) is 62.0 Å². The molecule has 0 radical (unpaired) electrons. The van der Waals surface area contributed by atoms with Gasteiger partial charge in [-0.15, -0.1) is 0 Å². The molecule has 1 atom stereocenters. The number of H-pyrrole nitrogens is 1. The fraction of sp³-hybridized carbons (Fsp3) is 0.481. The molecular formula is C27H34N6O2. The summed E-state index contributed by atoms with van der Waals surface area (Å²) in [5.41, 5.74) is 2.81. The van der Waals surface area contributed by atoms with E-state index >= 15 is 0 Å². The molecule has 2 N–H and O–H groups in total. The van der Waals surface area contributed by atoms with Crippen LogP contribution >= 0.6 is 0 Å². The average Bonchev–Trinajstić information content (AvgIpc) is 3.62. The number of aryl methyl sites for hydroxylation is 1. The molecule has 1 aliphatic rings. The largest absolute Gasteiger partial charge is 0.339 e. The van der Waals surface area contributed by atoms with Crippen molar-refractivity contribution in [2.45, 2.75) is 65.3 Å². The predicted octanol–water partition coefficient (Wildman–Crippen LogP) is 5.29. The van der Waals surface area contributed by atoms with E-state index in [9.17, 15) is 14.9 Å². The van der Waals surface area contributed by atoms with E-state index in [0.29, 0.717) is 29.1 Å². The summed E-state index contributed by atoms with van der Waals surface area (Å²) in [6.45, 7) is 7.65. The molecule has 0 aliphatic heterocycles. The summed E-state index contributed by atoms with van der Waals surface area (Å²) in [6, 6.07) is 9.70. The summed E-state index contributed by atoms with van der Waals surface area (Å²) < 4.78 is 1.84. The fourth-order valence-electron chi connectivity index (χ4n) is 4.69. The Hall–Kier alpha value is -3.60. The molecule has 0 bridgehead atoms. The highest BCUT2D eigenvalue weighted by Crippen LogP contribution is 2.43. The Morgan fingerprint density at radius 2 is 2.09 bits per heavy atom. The highest BCUT2D eigenvalue weighted by Gasteiger charge is 2.34. The number of hydrogen-bond acceptors (Lipinski definition) is 5. The molecule has 1 saturated carbocycles. The van der Waals surface area contributed by atoms with Gasteiger partial charge in [-0.3, -0.25) is 14.3 Å². The standard InChI is InChI=1S/C27H34N6O2/c1-4-6-16-32(15-5-2)27(35)21-10-9-20(17-18(21)3)30-25-24-23(12-14-29-26(24)34)33(31-25)22(11-13-28)19-7-8-19/h9-10,12,14,17,19,22H,4-8,11,15-16H2,1-3H3,(H,29,34)(H,30,31)/t22-/m0/s1. The van der Waals surface area contributed by atoms with E-state index in [-0.39, 0.29) is 17.5 Å². The minimum absolute atomic E-state index is 0.0470. The van der Waals surface area contributed by atoms with Gasteiger partial charge in [-0.05, 0) is 68.4 Å². The predicted molar refractivity (Wildman–Crippen MR) is 138 cm³/mol. The molecule has 1 fully saturated rings. The van der Waals surface area contributed by atoms with Gasteiger partial charge < -0.3 is 15.2 Å². The van der Waals surface area contributed by atoms with Gasteiger partial charge in [-0.25, -0.2) is 0 Å². The number of carbonyl (C=O) groups excluding carboxylic acids is 1. The number of hydrogen-bond donors (Lipinski definition) is 2. The Kier molecular flexibility index (Phi) is 7.54. The minimum Gasteiger partial charge on any atom is -0.339 e. The Labute approximate surface area is 205 Å². The number of carbonyl (C=O) groups is 1. The first-order valence-electron chi connectivity index (χ1n) is 12.6. The lowest BCUT2D eigenvalue weighted by Gasteiger charge is -2.23. The summed E-state index contributed by atoms with van der Waals surface area (Å²) in [6.07, 6.45) is 7.08. The number of aromatic amines is 1. The first kappa shape index (κ1) is 24.5. The molecule has 8 nitrogen and oxygen atoms in total. The van der Waals surface area contributed by atoms with Crippen LogP contribution in [0.2, 0.25) is 0 Å². The van der Waals surface area contributed by atoms with Crippen LogP contribution < -0.4 is 10.9 Å². The third kappa shape index (κ3) is 5.24. The normalized spacial score (nSPS) is 14.0. The molecule has 2 aromatic heterocycles. The van der Waals surface area contributed by atoms with Crippen LogP contribution in [0.5, 0.6) is 0 Å².